The fourth-order valence-corrected chi connectivity index (χ4v) is 9.84. The molecule has 0 aromatic heterocycles. The Morgan fingerprint density at radius 1 is 1.07 bits per heavy atom. The fraction of sp³-hybridized carbons (Fsp3) is 0.576. The molecule has 2 aromatic carbocycles. The zero-order chi connectivity index (χ0) is 31.0. The molecule has 44 heavy (non-hydrogen) atoms. The number of benzene rings is 2. The minimum Gasteiger partial charge on any atom is -0.493 e. The SMILES string of the molecule is COCOc1c(OC)c(C)cc2c1[C@@H]1C3[C@@H]4SCC(C)C(=O)OC[C@H](c5c6c(c(C)c(C)c54)OCO6)N3[C@@H](C#N)[C@@H](C2)N1C. The Bertz CT molecular complexity index is 1570. The van der Waals surface area contributed by atoms with Gasteiger partial charge in [-0.15, -0.1) is 0 Å². The highest BCUT2D eigenvalue weighted by molar-refractivity contribution is 7.99. The Morgan fingerprint density at radius 3 is 2.57 bits per heavy atom. The zero-order valence-electron chi connectivity index (χ0n) is 26.3. The predicted octanol–water partition coefficient (Wildman–Crippen LogP) is 4.53. The summed E-state index contributed by atoms with van der Waals surface area (Å²) in [6, 6.07) is 3.66. The van der Waals surface area contributed by atoms with Crippen molar-refractivity contribution in [3.63, 3.8) is 0 Å². The van der Waals surface area contributed by atoms with Gasteiger partial charge in [-0.1, -0.05) is 13.0 Å². The Kier molecular flexibility index (Phi) is 7.40. The molecule has 5 aliphatic heterocycles. The van der Waals surface area contributed by atoms with Gasteiger partial charge in [0.2, 0.25) is 6.79 Å². The number of hydrogen-bond donors (Lipinski definition) is 0. The van der Waals surface area contributed by atoms with E-state index in [1.54, 1.807) is 26.0 Å². The number of rotatable bonds is 4. The molecule has 0 amide bonds. The van der Waals surface area contributed by atoms with Crippen molar-refractivity contribution in [1.82, 2.24) is 9.80 Å². The highest BCUT2D eigenvalue weighted by Gasteiger charge is 2.60. The lowest BCUT2D eigenvalue weighted by molar-refractivity contribution is -0.153. The molecule has 2 fully saturated rings. The van der Waals surface area contributed by atoms with Crippen LogP contribution in [0, 0.1) is 38.0 Å². The van der Waals surface area contributed by atoms with E-state index in [0.717, 1.165) is 33.6 Å². The van der Waals surface area contributed by atoms with Crippen molar-refractivity contribution in [1.29, 1.82) is 5.26 Å². The molecule has 0 N–H and O–H groups in total. The minimum absolute atomic E-state index is 0.0828. The lowest BCUT2D eigenvalue weighted by Gasteiger charge is -2.62. The van der Waals surface area contributed by atoms with Gasteiger partial charge in [0.25, 0.3) is 0 Å². The Morgan fingerprint density at radius 2 is 1.84 bits per heavy atom. The van der Waals surface area contributed by atoms with Gasteiger partial charge in [0.15, 0.2) is 29.8 Å². The summed E-state index contributed by atoms with van der Waals surface area (Å²) in [6.07, 6.45) is 0.664. The maximum Gasteiger partial charge on any atom is 0.309 e. The lowest BCUT2D eigenvalue weighted by Crippen LogP contribution is -2.69. The van der Waals surface area contributed by atoms with Gasteiger partial charge < -0.3 is 28.4 Å². The summed E-state index contributed by atoms with van der Waals surface area (Å²) in [5, 5.41) is 10.8. The number of carbonyl (C=O) groups excluding carboxylic acids is 1. The van der Waals surface area contributed by atoms with Crippen molar-refractivity contribution in [3.05, 3.63) is 45.0 Å². The van der Waals surface area contributed by atoms with Gasteiger partial charge in [-0.2, -0.15) is 17.0 Å². The first-order chi connectivity index (χ1) is 21.2. The number of aryl methyl sites for hydroxylation is 1. The third kappa shape index (κ3) is 4.07. The summed E-state index contributed by atoms with van der Waals surface area (Å²) in [5.74, 6) is 2.93. The van der Waals surface area contributed by atoms with E-state index in [0.29, 0.717) is 29.4 Å². The molecule has 0 spiro atoms. The van der Waals surface area contributed by atoms with Gasteiger partial charge in [-0.05, 0) is 62.1 Å². The number of carbonyl (C=O) groups is 1. The molecule has 2 aromatic rings. The molecule has 7 atom stereocenters. The lowest BCUT2D eigenvalue weighted by atomic mass is 9.71. The minimum atomic E-state index is -0.462. The number of cyclic esters (lactones) is 1. The van der Waals surface area contributed by atoms with Crippen LogP contribution in [-0.4, -0.2) is 81.1 Å². The number of nitrogens with zero attached hydrogens (tertiary/aromatic N) is 3. The summed E-state index contributed by atoms with van der Waals surface area (Å²) in [7, 11) is 5.41. The first kappa shape index (κ1) is 29.5. The smallest absolute Gasteiger partial charge is 0.309 e. The second-order valence-corrected chi connectivity index (χ2v) is 13.7. The summed E-state index contributed by atoms with van der Waals surface area (Å²) < 4.78 is 35.9. The molecule has 4 bridgehead atoms. The summed E-state index contributed by atoms with van der Waals surface area (Å²) in [4.78, 5) is 17.8. The van der Waals surface area contributed by atoms with Crippen molar-refractivity contribution < 1.29 is 33.2 Å². The number of esters is 1. The topological polar surface area (TPSA) is 103 Å². The number of fused-ring (bicyclic) bond motifs is 9. The zero-order valence-corrected chi connectivity index (χ0v) is 27.1. The third-order valence-corrected chi connectivity index (χ3v) is 11.9. The number of nitriles is 1. The van der Waals surface area contributed by atoms with Crippen molar-refractivity contribution in [3.8, 4) is 29.1 Å². The summed E-state index contributed by atoms with van der Waals surface area (Å²) >= 11 is 1.77. The van der Waals surface area contributed by atoms with Crippen molar-refractivity contribution in [2.24, 2.45) is 5.92 Å². The average molecular weight is 622 g/mol. The largest absolute Gasteiger partial charge is 0.493 e. The maximum absolute atomic E-state index is 13.1. The maximum atomic E-state index is 13.1. The fourth-order valence-electron chi connectivity index (χ4n) is 8.25. The first-order valence-electron chi connectivity index (χ1n) is 15.1. The van der Waals surface area contributed by atoms with Crippen LogP contribution in [0.5, 0.6) is 23.0 Å². The van der Waals surface area contributed by atoms with E-state index in [1.165, 1.54) is 11.1 Å². The molecular weight excluding hydrogens is 582 g/mol. The molecule has 0 saturated carbocycles. The van der Waals surface area contributed by atoms with Crippen LogP contribution in [0.2, 0.25) is 0 Å². The van der Waals surface area contributed by atoms with Crippen molar-refractivity contribution in [2.45, 2.75) is 69.6 Å². The van der Waals surface area contributed by atoms with Crippen LogP contribution >= 0.6 is 11.8 Å². The Hall–Kier alpha value is -3.17. The first-order valence-corrected chi connectivity index (χ1v) is 16.2. The van der Waals surface area contributed by atoms with E-state index in [9.17, 15) is 10.1 Å². The molecule has 7 rings (SSSR count). The molecule has 0 radical (unpaired) electrons. The summed E-state index contributed by atoms with van der Waals surface area (Å²) in [6.45, 7) is 8.55. The number of piperazine rings is 1. The number of hydrogen-bond acceptors (Lipinski definition) is 11. The van der Waals surface area contributed by atoms with Gasteiger partial charge in [0, 0.05) is 41.3 Å². The van der Waals surface area contributed by atoms with Crippen LogP contribution in [0.15, 0.2) is 6.07 Å². The second-order valence-electron chi connectivity index (χ2n) is 12.5. The molecule has 5 aliphatic rings. The number of thioether (sulfide) groups is 1. The van der Waals surface area contributed by atoms with Gasteiger partial charge in [-0.25, -0.2) is 0 Å². The number of methoxy groups -OCH3 is 2. The summed E-state index contributed by atoms with van der Waals surface area (Å²) in [5.41, 5.74) is 7.61. The second kappa shape index (κ2) is 11.0. The molecule has 10 nitrogen and oxygen atoms in total. The van der Waals surface area contributed by atoms with Crippen LogP contribution in [0.4, 0.5) is 0 Å². The Labute approximate surface area is 262 Å². The normalized spacial score (nSPS) is 30.5. The van der Waals surface area contributed by atoms with Crippen LogP contribution in [0.1, 0.15) is 63.2 Å². The van der Waals surface area contributed by atoms with Crippen LogP contribution in [0.25, 0.3) is 0 Å². The van der Waals surface area contributed by atoms with Gasteiger partial charge >= 0.3 is 5.97 Å². The van der Waals surface area contributed by atoms with E-state index >= 15 is 0 Å². The molecule has 2 saturated heterocycles. The van der Waals surface area contributed by atoms with E-state index < -0.39 is 12.1 Å². The van der Waals surface area contributed by atoms with Gasteiger partial charge in [-0.3, -0.25) is 14.6 Å². The standard InChI is InChI=1S/C33H39N3O7S/c1-15-8-19-9-20-21(10-34)36-22-11-40-33(37)16(2)12-44-32(23-17(3)18(4)29-31(25(22)23)43-14-42-29)27(36)26(35(20)5)24(19)30(28(15)39-7)41-13-38-6/h8,16,20-22,26-27,32H,9,11-14H2,1-7H3/t16?,20-,21+,22-,26-,27?,32-/m1/s1. The molecule has 5 heterocycles. The highest BCUT2D eigenvalue weighted by atomic mass is 32.2. The van der Waals surface area contributed by atoms with Crippen LogP contribution in [-0.2, 0) is 20.7 Å². The van der Waals surface area contributed by atoms with Gasteiger partial charge in [0.1, 0.15) is 12.6 Å². The average Bonchev–Trinajstić information content (AvgIpc) is 3.50. The predicted molar refractivity (Wildman–Crippen MR) is 163 cm³/mol. The van der Waals surface area contributed by atoms with Crippen LogP contribution in [0.3, 0.4) is 0 Å². The third-order valence-electron chi connectivity index (χ3n) is 10.3. The molecular formula is C33H39N3O7S. The molecule has 0 aliphatic carbocycles. The van der Waals surface area contributed by atoms with Crippen molar-refractivity contribution in [2.75, 3.05) is 47.2 Å². The number of likely N-dealkylation sites (N-methyl/N-ethyl adjacent to an activating group) is 1. The monoisotopic (exact) mass is 621 g/mol. The van der Waals surface area contributed by atoms with E-state index in [2.05, 4.69) is 42.8 Å². The Balaban J connectivity index is 1.53. The van der Waals surface area contributed by atoms with E-state index in [1.807, 2.05) is 13.8 Å². The van der Waals surface area contributed by atoms with E-state index in [-0.39, 0.29) is 55.5 Å². The molecule has 234 valence electrons. The van der Waals surface area contributed by atoms with Crippen molar-refractivity contribution >= 4 is 17.7 Å². The highest BCUT2D eigenvalue weighted by Crippen LogP contribution is 2.62. The van der Waals surface area contributed by atoms with E-state index in [4.69, 9.17) is 28.4 Å². The van der Waals surface area contributed by atoms with Crippen LogP contribution < -0.4 is 18.9 Å². The molecule has 2 unspecified atom stereocenters. The van der Waals surface area contributed by atoms with Gasteiger partial charge in [0.05, 0.1) is 31.2 Å². The quantitative estimate of drug-likeness (QED) is 0.356. The molecule has 11 heteroatoms. The number of ether oxygens (including phenoxy) is 6.